The van der Waals surface area contributed by atoms with Gasteiger partial charge >= 0.3 is 0 Å². The van der Waals surface area contributed by atoms with Crippen LogP contribution in [-0.2, 0) is 6.54 Å². The molecule has 0 radical (unpaired) electrons. The highest BCUT2D eigenvalue weighted by molar-refractivity contribution is 5.53. The number of nitrogens with two attached hydrogens (primary N) is 1. The van der Waals surface area contributed by atoms with Gasteiger partial charge in [0.25, 0.3) is 0 Å². The van der Waals surface area contributed by atoms with Crippen molar-refractivity contribution in [3.05, 3.63) is 23.8 Å². The lowest BCUT2D eigenvalue weighted by molar-refractivity contribution is 0.0730. The monoisotopic (exact) mass is 248 g/mol. The van der Waals surface area contributed by atoms with Gasteiger partial charge in [0.1, 0.15) is 5.75 Å². The molecule has 3 N–H and O–H groups in total. The second-order valence-electron chi connectivity index (χ2n) is 5.88. The number of phenolic OH excluding ortho intramolecular Hbond substituents is 1. The number of piperidine rings is 1. The number of hydrogen-bond acceptors (Lipinski definition) is 3. The van der Waals surface area contributed by atoms with Crippen LogP contribution in [0.4, 0.5) is 5.69 Å². The van der Waals surface area contributed by atoms with Crippen LogP contribution in [0.2, 0.25) is 0 Å². The molecule has 0 aromatic heterocycles. The third kappa shape index (κ3) is 2.78. The first kappa shape index (κ1) is 13.2. The Morgan fingerprint density at radius 2 is 2.06 bits per heavy atom. The summed E-state index contributed by atoms with van der Waals surface area (Å²) in [6.45, 7) is 9.02. The van der Waals surface area contributed by atoms with E-state index in [1.165, 1.54) is 12.0 Å². The number of anilines is 1. The van der Waals surface area contributed by atoms with E-state index in [-0.39, 0.29) is 5.75 Å². The van der Waals surface area contributed by atoms with Crippen molar-refractivity contribution in [1.29, 1.82) is 0 Å². The van der Waals surface area contributed by atoms with E-state index in [0.717, 1.165) is 24.9 Å². The van der Waals surface area contributed by atoms with E-state index in [9.17, 15) is 5.11 Å². The third-order valence-electron chi connectivity index (χ3n) is 4.20. The van der Waals surface area contributed by atoms with Crippen LogP contribution in [0.25, 0.3) is 0 Å². The predicted molar refractivity (Wildman–Crippen MR) is 75.3 cm³/mol. The normalized spacial score (nSPS) is 29.4. The fraction of sp³-hybridized carbons (Fsp3) is 0.600. The van der Waals surface area contributed by atoms with Crippen LogP contribution in [0.15, 0.2) is 18.2 Å². The molecular weight excluding hydrogens is 224 g/mol. The fourth-order valence-corrected chi connectivity index (χ4v) is 2.98. The Morgan fingerprint density at radius 1 is 1.33 bits per heavy atom. The number of hydrogen-bond donors (Lipinski definition) is 2. The van der Waals surface area contributed by atoms with Gasteiger partial charge in [0.05, 0.1) is 5.69 Å². The standard InChI is InChI=1S/C15H24N2O/c1-10-6-11(2)12(3)17(8-10)9-13-4-5-15(18)14(16)7-13/h4-5,7,10-12,18H,6,8-9,16H2,1-3H3. The van der Waals surface area contributed by atoms with Crippen LogP contribution in [0.1, 0.15) is 32.8 Å². The lowest BCUT2D eigenvalue weighted by atomic mass is 9.86. The fourth-order valence-electron chi connectivity index (χ4n) is 2.98. The number of phenols is 1. The molecule has 0 amide bonds. The molecule has 0 bridgehead atoms. The lowest BCUT2D eigenvalue weighted by Gasteiger charge is -2.41. The number of nitrogen functional groups attached to an aromatic ring is 1. The van der Waals surface area contributed by atoms with E-state index in [0.29, 0.717) is 11.7 Å². The summed E-state index contributed by atoms with van der Waals surface area (Å²) in [5, 5.41) is 9.45. The molecular formula is C15H24N2O. The van der Waals surface area contributed by atoms with Gasteiger partial charge in [-0.2, -0.15) is 0 Å². The minimum atomic E-state index is 0.173. The van der Waals surface area contributed by atoms with Crippen LogP contribution in [0.3, 0.4) is 0 Å². The van der Waals surface area contributed by atoms with E-state index in [1.807, 2.05) is 12.1 Å². The Balaban J connectivity index is 2.09. The van der Waals surface area contributed by atoms with Crippen molar-refractivity contribution >= 4 is 5.69 Å². The van der Waals surface area contributed by atoms with E-state index in [1.54, 1.807) is 6.07 Å². The molecule has 1 aromatic carbocycles. The van der Waals surface area contributed by atoms with Gasteiger partial charge in [-0.3, -0.25) is 4.90 Å². The molecule has 1 aliphatic heterocycles. The number of rotatable bonds is 2. The first-order chi connectivity index (χ1) is 8.47. The minimum absolute atomic E-state index is 0.173. The van der Waals surface area contributed by atoms with E-state index >= 15 is 0 Å². The number of nitrogens with zero attached hydrogens (tertiary/aromatic N) is 1. The summed E-state index contributed by atoms with van der Waals surface area (Å²) in [4.78, 5) is 2.52. The Kier molecular flexibility index (Phi) is 3.81. The topological polar surface area (TPSA) is 49.5 Å². The second kappa shape index (κ2) is 5.19. The summed E-state index contributed by atoms with van der Waals surface area (Å²) in [5.41, 5.74) is 7.40. The molecule has 1 aliphatic rings. The molecule has 3 unspecified atom stereocenters. The molecule has 3 nitrogen and oxygen atoms in total. The van der Waals surface area contributed by atoms with Crippen molar-refractivity contribution in [2.24, 2.45) is 11.8 Å². The molecule has 18 heavy (non-hydrogen) atoms. The average molecular weight is 248 g/mol. The smallest absolute Gasteiger partial charge is 0.138 e. The van der Waals surface area contributed by atoms with Gasteiger partial charge in [-0.15, -0.1) is 0 Å². The maximum absolute atomic E-state index is 9.45. The highest BCUT2D eigenvalue weighted by Gasteiger charge is 2.28. The van der Waals surface area contributed by atoms with E-state index in [2.05, 4.69) is 25.7 Å². The molecule has 2 rings (SSSR count). The predicted octanol–water partition coefficient (Wildman–Crippen LogP) is 2.84. The summed E-state index contributed by atoms with van der Waals surface area (Å²) in [5.74, 6) is 1.67. The summed E-state index contributed by atoms with van der Waals surface area (Å²) in [7, 11) is 0. The van der Waals surface area contributed by atoms with Crippen LogP contribution in [-0.4, -0.2) is 22.6 Å². The first-order valence-corrected chi connectivity index (χ1v) is 6.78. The molecule has 3 heteroatoms. The molecule has 0 aliphatic carbocycles. The van der Waals surface area contributed by atoms with Gasteiger partial charge in [-0.25, -0.2) is 0 Å². The van der Waals surface area contributed by atoms with Crippen LogP contribution in [0.5, 0.6) is 5.75 Å². The largest absolute Gasteiger partial charge is 0.506 e. The highest BCUT2D eigenvalue weighted by Crippen LogP contribution is 2.29. The van der Waals surface area contributed by atoms with E-state index < -0.39 is 0 Å². The lowest BCUT2D eigenvalue weighted by Crippen LogP contribution is -2.45. The summed E-state index contributed by atoms with van der Waals surface area (Å²) >= 11 is 0. The average Bonchev–Trinajstić information content (AvgIpc) is 2.30. The van der Waals surface area contributed by atoms with Gasteiger partial charge in [0.2, 0.25) is 0 Å². The highest BCUT2D eigenvalue weighted by atomic mass is 16.3. The summed E-state index contributed by atoms with van der Waals surface area (Å²) in [6.07, 6.45) is 1.31. The van der Waals surface area contributed by atoms with Crippen molar-refractivity contribution in [1.82, 2.24) is 4.90 Å². The number of aromatic hydroxyl groups is 1. The van der Waals surface area contributed by atoms with Gasteiger partial charge in [-0.1, -0.05) is 19.9 Å². The summed E-state index contributed by atoms with van der Waals surface area (Å²) in [6, 6.07) is 6.14. The molecule has 0 spiro atoms. The quantitative estimate of drug-likeness (QED) is 0.625. The zero-order valence-electron chi connectivity index (χ0n) is 11.6. The van der Waals surface area contributed by atoms with Crippen molar-refractivity contribution < 1.29 is 5.11 Å². The van der Waals surface area contributed by atoms with Crippen molar-refractivity contribution in [3.8, 4) is 5.75 Å². The van der Waals surface area contributed by atoms with Gasteiger partial charge in [0, 0.05) is 19.1 Å². The van der Waals surface area contributed by atoms with Crippen molar-refractivity contribution in [2.45, 2.75) is 39.8 Å². The molecule has 100 valence electrons. The third-order valence-corrected chi connectivity index (χ3v) is 4.20. The Bertz CT molecular complexity index is 419. The second-order valence-corrected chi connectivity index (χ2v) is 5.88. The summed E-state index contributed by atoms with van der Waals surface area (Å²) < 4.78 is 0. The Labute approximate surface area is 110 Å². The Hall–Kier alpha value is -1.22. The van der Waals surface area contributed by atoms with Gasteiger partial charge in [0.15, 0.2) is 0 Å². The van der Waals surface area contributed by atoms with Crippen LogP contribution in [0, 0.1) is 11.8 Å². The maximum atomic E-state index is 9.45. The van der Waals surface area contributed by atoms with Crippen molar-refractivity contribution in [2.75, 3.05) is 12.3 Å². The zero-order chi connectivity index (χ0) is 13.3. The van der Waals surface area contributed by atoms with Crippen LogP contribution >= 0.6 is 0 Å². The zero-order valence-corrected chi connectivity index (χ0v) is 11.6. The number of likely N-dealkylation sites (tertiary alicyclic amines) is 1. The van der Waals surface area contributed by atoms with E-state index in [4.69, 9.17) is 5.73 Å². The first-order valence-electron chi connectivity index (χ1n) is 6.78. The molecule has 1 fully saturated rings. The van der Waals surface area contributed by atoms with Gasteiger partial charge < -0.3 is 10.8 Å². The van der Waals surface area contributed by atoms with Crippen molar-refractivity contribution in [3.63, 3.8) is 0 Å². The molecule has 1 aromatic rings. The number of benzene rings is 1. The molecule has 3 atom stereocenters. The molecule has 1 heterocycles. The SMILES string of the molecule is CC1CC(C)C(C)N(Cc2ccc(O)c(N)c2)C1. The van der Waals surface area contributed by atoms with Gasteiger partial charge in [-0.05, 0) is 42.9 Å². The molecule has 0 saturated carbocycles. The van der Waals surface area contributed by atoms with Crippen LogP contribution < -0.4 is 5.73 Å². The minimum Gasteiger partial charge on any atom is -0.506 e. The molecule has 1 saturated heterocycles. The Morgan fingerprint density at radius 3 is 2.72 bits per heavy atom. The maximum Gasteiger partial charge on any atom is 0.138 e.